The van der Waals surface area contributed by atoms with E-state index in [1.807, 2.05) is 6.92 Å². The summed E-state index contributed by atoms with van der Waals surface area (Å²) in [5.74, 6) is -1.73. The van der Waals surface area contributed by atoms with Crippen LogP contribution in [0.2, 0.25) is 0 Å². The Morgan fingerprint density at radius 1 is 1.36 bits per heavy atom. The molecule has 1 heterocycles. The number of para-hydroxylation sites is 2. The molecule has 8 nitrogen and oxygen atoms in total. The molecule has 2 rings (SSSR count). The first-order chi connectivity index (χ1) is 13.3. The number of amides is 2. The van der Waals surface area contributed by atoms with E-state index in [1.54, 1.807) is 38.1 Å². The molecule has 2 unspecified atom stereocenters. The summed E-state index contributed by atoms with van der Waals surface area (Å²) in [6.07, 6.45) is -0.0947. The second-order valence-electron chi connectivity index (χ2n) is 6.78. The van der Waals surface area contributed by atoms with E-state index < -0.39 is 18.0 Å². The second kappa shape index (κ2) is 10.1. The topological polar surface area (TPSA) is 96.4 Å². The molecule has 0 radical (unpaired) electrons. The number of carboxylic acids is 1. The van der Waals surface area contributed by atoms with Gasteiger partial charge in [0.1, 0.15) is 12.3 Å². The lowest BCUT2D eigenvalue weighted by molar-refractivity contribution is -0.143. The van der Waals surface area contributed by atoms with E-state index in [2.05, 4.69) is 0 Å². The van der Waals surface area contributed by atoms with Crippen LogP contribution in [0.3, 0.4) is 0 Å². The molecule has 0 saturated heterocycles. The molecule has 0 aromatic heterocycles. The van der Waals surface area contributed by atoms with Gasteiger partial charge in [0.25, 0.3) is 5.91 Å². The summed E-state index contributed by atoms with van der Waals surface area (Å²) in [6.45, 7) is 6.43. The minimum atomic E-state index is -0.968. The van der Waals surface area contributed by atoms with Gasteiger partial charge in [-0.1, -0.05) is 19.1 Å². The summed E-state index contributed by atoms with van der Waals surface area (Å²) in [7, 11) is 0. The highest BCUT2D eigenvalue weighted by Gasteiger charge is 2.33. The minimum Gasteiger partial charge on any atom is -0.481 e. The van der Waals surface area contributed by atoms with Crippen molar-refractivity contribution < 1.29 is 29.0 Å². The molecular formula is C20H28N2O6. The molecule has 0 aliphatic carbocycles. The molecule has 0 spiro atoms. The van der Waals surface area contributed by atoms with Crippen LogP contribution < -0.4 is 9.64 Å². The lowest BCUT2D eigenvalue weighted by Crippen LogP contribution is -2.50. The zero-order chi connectivity index (χ0) is 20.7. The fourth-order valence-corrected chi connectivity index (χ4v) is 2.99. The number of rotatable bonds is 10. The zero-order valence-electron chi connectivity index (χ0n) is 16.6. The van der Waals surface area contributed by atoms with E-state index in [4.69, 9.17) is 9.47 Å². The third-order valence-electron chi connectivity index (χ3n) is 4.56. The highest BCUT2D eigenvalue weighted by molar-refractivity contribution is 6.03. The molecule has 2 amide bonds. The van der Waals surface area contributed by atoms with Crippen LogP contribution in [-0.4, -0.2) is 66.7 Å². The van der Waals surface area contributed by atoms with Gasteiger partial charge < -0.3 is 19.5 Å². The van der Waals surface area contributed by atoms with Crippen LogP contribution in [0.1, 0.15) is 27.2 Å². The van der Waals surface area contributed by atoms with Crippen molar-refractivity contribution in [1.29, 1.82) is 0 Å². The Morgan fingerprint density at radius 3 is 2.75 bits per heavy atom. The minimum absolute atomic E-state index is 0.0794. The first kappa shape index (κ1) is 21.7. The summed E-state index contributed by atoms with van der Waals surface area (Å²) in [5, 5.41) is 9.21. The predicted molar refractivity (Wildman–Crippen MR) is 103 cm³/mol. The van der Waals surface area contributed by atoms with E-state index in [1.165, 1.54) is 9.80 Å². The molecule has 154 valence electrons. The highest BCUT2D eigenvalue weighted by Crippen LogP contribution is 2.33. The molecule has 1 aliphatic heterocycles. The van der Waals surface area contributed by atoms with Crippen LogP contribution >= 0.6 is 0 Å². The Bertz CT molecular complexity index is 708. The van der Waals surface area contributed by atoms with Gasteiger partial charge in [0.15, 0.2) is 6.10 Å². The number of nitrogens with zero attached hydrogens (tertiary/aromatic N) is 2. The normalized spacial score (nSPS) is 16.9. The van der Waals surface area contributed by atoms with E-state index in [0.29, 0.717) is 37.6 Å². The van der Waals surface area contributed by atoms with Crippen molar-refractivity contribution in [2.75, 3.05) is 37.7 Å². The Morgan fingerprint density at radius 2 is 2.07 bits per heavy atom. The maximum atomic E-state index is 13.0. The molecular weight excluding hydrogens is 364 g/mol. The number of ether oxygens (including phenoxy) is 2. The Hall–Kier alpha value is -2.61. The van der Waals surface area contributed by atoms with Crippen LogP contribution in [-0.2, 0) is 19.1 Å². The van der Waals surface area contributed by atoms with E-state index in [0.717, 1.165) is 0 Å². The van der Waals surface area contributed by atoms with Gasteiger partial charge >= 0.3 is 5.97 Å². The number of carboxylic acid groups (broad SMARTS) is 1. The van der Waals surface area contributed by atoms with Crippen LogP contribution in [0.15, 0.2) is 24.3 Å². The van der Waals surface area contributed by atoms with Gasteiger partial charge in [-0.05, 0) is 32.4 Å². The van der Waals surface area contributed by atoms with Crippen LogP contribution in [0.5, 0.6) is 5.75 Å². The zero-order valence-corrected chi connectivity index (χ0v) is 16.6. The number of hydrogen-bond donors (Lipinski definition) is 1. The average Bonchev–Trinajstić information content (AvgIpc) is 2.67. The van der Waals surface area contributed by atoms with Gasteiger partial charge in [0.05, 0.1) is 11.6 Å². The molecule has 1 aromatic carbocycles. The highest BCUT2D eigenvalue weighted by atomic mass is 16.5. The summed E-state index contributed by atoms with van der Waals surface area (Å²) >= 11 is 0. The number of benzene rings is 1. The summed E-state index contributed by atoms with van der Waals surface area (Å²) < 4.78 is 10.9. The fourth-order valence-electron chi connectivity index (χ4n) is 2.99. The van der Waals surface area contributed by atoms with Gasteiger partial charge in [0, 0.05) is 26.3 Å². The Labute approximate surface area is 165 Å². The monoisotopic (exact) mass is 392 g/mol. The van der Waals surface area contributed by atoms with Gasteiger partial charge in [-0.3, -0.25) is 19.3 Å². The quantitative estimate of drug-likeness (QED) is 0.610. The Balaban J connectivity index is 2.14. The third kappa shape index (κ3) is 5.45. The molecule has 2 atom stereocenters. The molecule has 0 fully saturated rings. The van der Waals surface area contributed by atoms with E-state index >= 15 is 0 Å². The molecule has 0 bridgehead atoms. The molecule has 28 heavy (non-hydrogen) atoms. The van der Waals surface area contributed by atoms with Crippen molar-refractivity contribution in [3.8, 4) is 5.75 Å². The molecule has 0 saturated carbocycles. The van der Waals surface area contributed by atoms with Crippen molar-refractivity contribution in [3.05, 3.63) is 24.3 Å². The fraction of sp³-hybridized carbons (Fsp3) is 0.550. The summed E-state index contributed by atoms with van der Waals surface area (Å²) in [6, 6.07) is 7.05. The third-order valence-corrected chi connectivity index (χ3v) is 4.56. The molecule has 8 heteroatoms. The number of carbonyl (C=O) groups excluding carboxylic acids is 2. The molecule has 1 N–H and O–H groups in total. The number of carbonyl (C=O) groups is 3. The van der Waals surface area contributed by atoms with Gasteiger partial charge in [0.2, 0.25) is 5.91 Å². The molecule has 1 aliphatic rings. The van der Waals surface area contributed by atoms with Crippen molar-refractivity contribution in [3.63, 3.8) is 0 Å². The maximum Gasteiger partial charge on any atom is 0.308 e. The largest absolute Gasteiger partial charge is 0.481 e. The number of anilines is 1. The van der Waals surface area contributed by atoms with Crippen molar-refractivity contribution >= 4 is 23.5 Å². The van der Waals surface area contributed by atoms with Gasteiger partial charge in [-0.2, -0.15) is 0 Å². The Kier molecular flexibility index (Phi) is 7.80. The lowest BCUT2D eigenvalue weighted by Gasteiger charge is -2.34. The lowest BCUT2D eigenvalue weighted by atomic mass is 10.1. The number of aliphatic carboxylic acids is 1. The summed E-state index contributed by atoms with van der Waals surface area (Å²) in [4.78, 5) is 39.7. The van der Waals surface area contributed by atoms with Crippen molar-refractivity contribution in [1.82, 2.24) is 4.90 Å². The van der Waals surface area contributed by atoms with Crippen molar-refractivity contribution in [2.45, 2.75) is 33.3 Å². The maximum absolute atomic E-state index is 13.0. The summed E-state index contributed by atoms with van der Waals surface area (Å²) in [5.41, 5.74) is 0.541. The van der Waals surface area contributed by atoms with Crippen LogP contribution in [0, 0.1) is 5.92 Å². The first-order valence-corrected chi connectivity index (χ1v) is 9.50. The molecule has 1 aromatic rings. The number of hydrogen-bond acceptors (Lipinski definition) is 5. The van der Waals surface area contributed by atoms with Gasteiger partial charge in [-0.15, -0.1) is 0 Å². The van der Waals surface area contributed by atoms with E-state index in [-0.39, 0.29) is 24.9 Å². The smallest absolute Gasteiger partial charge is 0.308 e. The average molecular weight is 392 g/mol. The van der Waals surface area contributed by atoms with E-state index in [9.17, 15) is 19.5 Å². The standard InChI is InChI=1S/C20H28N2O6/c1-4-27-11-7-10-21(12-14(2)20(25)26)18(23)13-22-16-8-5-6-9-17(16)28-15(3)19(22)24/h5-6,8-9,14-15H,4,7,10-13H2,1-3H3,(H,25,26). The first-order valence-electron chi connectivity index (χ1n) is 9.50. The SMILES string of the molecule is CCOCCCN(CC(C)C(=O)O)C(=O)CN1C(=O)C(C)Oc2ccccc21. The van der Waals surface area contributed by atoms with Gasteiger partial charge in [-0.25, -0.2) is 0 Å². The van der Waals surface area contributed by atoms with Crippen LogP contribution in [0.4, 0.5) is 5.69 Å². The van der Waals surface area contributed by atoms with Crippen molar-refractivity contribution in [2.24, 2.45) is 5.92 Å². The number of fused-ring (bicyclic) bond motifs is 1. The predicted octanol–water partition coefficient (Wildman–Crippen LogP) is 1.78. The van der Waals surface area contributed by atoms with Crippen LogP contribution in [0.25, 0.3) is 0 Å². The second-order valence-corrected chi connectivity index (χ2v) is 6.78.